The van der Waals surface area contributed by atoms with E-state index >= 15 is 0 Å². The van der Waals surface area contributed by atoms with Crippen molar-refractivity contribution in [3.8, 4) is 0 Å². The Morgan fingerprint density at radius 3 is 2.56 bits per heavy atom. The maximum absolute atomic E-state index is 13.1. The standard InChI is InChI=1S/C19H27N3O4S/c1-19(2)11-13-14(12-26-19)27-17-15(13)16(24)21(9-10-23)18(25)22(17)8-7-20-5-3-4-6-20/h23H,3-12H2,1-2H3. The van der Waals surface area contributed by atoms with E-state index in [2.05, 4.69) is 4.90 Å². The molecule has 0 unspecified atom stereocenters. The highest BCUT2D eigenvalue weighted by Crippen LogP contribution is 2.37. The normalized spacial score (nSPS) is 19.7. The highest BCUT2D eigenvalue weighted by molar-refractivity contribution is 7.18. The van der Waals surface area contributed by atoms with Crippen molar-refractivity contribution in [3.05, 3.63) is 31.3 Å². The molecule has 0 aromatic carbocycles. The van der Waals surface area contributed by atoms with E-state index in [1.54, 1.807) is 4.57 Å². The minimum Gasteiger partial charge on any atom is -0.395 e. The van der Waals surface area contributed by atoms with E-state index < -0.39 is 0 Å². The van der Waals surface area contributed by atoms with Crippen LogP contribution in [0.25, 0.3) is 10.2 Å². The molecule has 1 fully saturated rings. The van der Waals surface area contributed by atoms with Gasteiger partial charge < -0.3 is 14.7 Å². The van der Waals surface area contributed by atoms with Crippen LogP contribution in [0.1, 0.15) is 37.1 Å². The molecule has 8 heteroatoms. The average molecular weight is 394 g/mol. The molecular formula is C19H27N3O4S. The van der Waals surface area contributed by atoms with Crippen molar-refractivity contribution in [1.29, 1.82) is 0 Å². The molecule has 0 amide bonds. The molecule has 4 rings (SSSR count). The fraction of sp³-hybridized carbons (Fsp3) is 0.684. The summed E-state index contributed by atoms with van der Waals surface area (Å²) in [5.74, 6) is 0. The number of ether oxygens (including phenoxy) is 1. The summed E-state index contributed by atoms with van der Waals surface area (Å²) in [5.41, 5.74) is 0.0836. The number of aliphatic hydroxyl groups is 1. The van der Waals surface area contributed by atoms with E-state index in [1.807, 2.05) is 13.8 Å². The molecule has 0 radical (unpaired) electrons. The van der Waals surface area contributed by atoms with E-state index in [4.69, 9.17) is 4.74 Å². The largest absolute Gasteiger partial charge is 0.395 e. The van der Waals surface area contributed by atoms with Gasteiger partial charge in [-0.25, -0.2) is 4.79 Å². The molecule has 2 aliphatic heterocycles. The Morgan fingerprint density at radius 1 is 1.11 bits per heavy atom. The lowest BCUT2D eigenvalue weighted by Gasteiger charge is -2.29. The summed E-state index contributed by atoms with van der Waals surface area (Å²) in [6, 6.07) is 0. The van der Waals surface area contributed by atoms with E-state index in [-0.39, 0.29) is 30.0 Å². The Bertz CT molecular complexity index is 966. The zero-order valence-electron chi connectivity index (χ0n) is 16.0. The number of aliphatic hydroxyl groups excluding tert-OH is 1. The second-order valence-electron chi connectivity index (χ2n) is 8.07. The van der Waals surface area contributed by atoms with Gasteiger partial charge in [0, 0.05) is 24.4 Å². The van der Waals surface area contributed by atoms with Gasteiger partial charge in [0.05, 0.1) is 30.7 Å². The fourth-order valence-corrected chi connectivity index (χ4v) is 5.39. The van der Waals surface area contributed by atoms with E-state index in [9.17, 15) is 14.7 Å². The Labute approximate surface area is 161 Å². The molecule has 0 aliphatic carbocycles. The lowest BCUT2D eigenvalue weighted by atomic mass is 9.94. The number of likely N-dealkylation sites (tertiary alicyclic amines) is 1. The first-order chi connectivity index (χ1) is 12.9. The number of aromatic nitrogens is 2. The third-order valence-electron chi connectivity index (χ3n) is 5.60. The molecule has 0 spiro atoms. The summed E-state index contributed by atoms with van der Waals surface area (Å²) in [4.78, 5) is 30.3. The van der Waals surface area contributed by atoms with Crippen LogP contribution in [0.2, 0.25) is 0 Å². The summed E-state index contributed by atoms with van der Waals surface area (Å²) < 4.78 is 8.85. The third kappa shape index (κ3) is 3.40. The summed E-state index contributed by atoms with van der Waals surface area (Å²) in [7, 11) is 0. The molecule has 7 nitrogen and oxygen atoms in total. The first-order valence-electron chi connectivity index (χ1n) is 9.66. The number of thiophene rings is 1. The van der Waals surface area contributed by atoms with Crippen LogP contribution < -0.4 is 11.2 Å². The highest BCUT2D eigenvalue weighted by atomic mass is 32.1. The van der Waals surface area contributed by atoms with E-state index in [0.29, 0.717) is 25.0 Å². The van der Waals surface area contributed by atoms with Crippen LogP contribution in [0.3, 0.4) is 0 Å². The number of fused-ring (bicyclic) bond motifs is 3. The van der Waals surface area contributed by atoms with Crippen LogP contribution in [-0.4, -0.2) is 51.0 Å². The Balaban J connectivity index is 1.86. The van der Waals surface area contributed by atoms with Gasteiger partial charge in [-0.2, -0.15) is 0 Å². The maximum atomic E-state index is 13.1. The lowest BCUT2D eigenvalue weighted by molar-refractivity contribution is -0.0379. The second kappa shape index (κ2) is 7.16. The molecule has 2 aromatic heterocycles. The molecule has 0 atom stereocenters. The van der Waals surface area contributed by atoms with Gasteiger partial charge in [0.1, 0.15) is 4.83 Å². The van der Waals surface area contributed by atoms with Crippen LogP contribution in [0.15, 0.2) is 9.59 Å². The van der Waals surface area contributed by atoms with E-state index in [1.165, 1.54) is 28.7 Å². The van der Waals surface area contributed by atoms with Crippen LogP contribution in [0, 0.1) is 0 Å². The lowest BCUT2D eigenvalue weighted by Crippen LogP contribution is -2.42. The van der Waals surface area contributed by atoms with Crippen molar-refractivity contribution in [1.82, 2.24) is 14.0 Å². The quantitative estimate of drug-likeness (QED) is 0.825. The predicted octanol–water partition coefficient (Wildman–Crippen LogP) is 1.16. The third-order valence-corrected chi connectivity index (χ3v) is 6.83. The Hall–Kier alpha value is -1.48. The van der Waals surface area contributed by atoms with Gasteiger partial charge in [-0.05, 0) is 45.3 Å². The van der Waals surface area contributed by atoms with Gasteiger partial charge in [0.2, 0.25) is 0 Å². The van der Waals surface area contributed by atoms with Gasteiger partial charge in [-0.15, -0.1) is 11.3 Å². The highest BCUT2D eigenvalue weighted by Gasteiger charge is 2.32. The average Bonchev–Trinajstić information content (AvgIpc) is 3.25. The molecule has 0 saturated carbocycles. The predicted molar refractivity (Wildman–Crippen MR) is 106 cm³/mol. The van der Waals surface area contributed by atoms with Gasteiger partial charge in [0.15, 0.2) is 0 Å². The minimum atomic E-state index is -0.328. The zero-order chi connectivity index (χ0) is 19.2. The van der Waals surface area contributed by atoms with Crippen LogP contribution in [0.4, 0.5) is 0 Å². The number of nitrogens with zero attached hydrogens (tertiary/aromatic N) is 3. The van der Waals surface area contributed by atoms with Crippen molar-refractivity contribution in [2.45, 2.75) is 58.4 Å². The van der Waals surface area contributed by atoms with Gasteiger partial charge in [0.25, 0.3) is 5.56 Å². The van der Waals surface area contributed by atoms with Gasteiger partial charge in [-0.1, -0.05) is 0 Å². The monoisotopic (exact) mass is 393 g/mol. The molecule has 2 aromatic rings. The molecule has 2 aliphatic rings. The second-order valence-corrected chi connectivity index (χ2v) is 9.16. The first kappa shape index (κ1) is 18.9. The fourth-order valence-electron chi connectivity index (χ4n) is 4.15. The Kier molecular flexibility index (Phi) is 5.00. The molecule has 27 heavy (non-hydrogen) atoms. The van der Waals surface area contributed by atoms with Crippen molar-refractivity contribution in [3.63, 3.8) is 0 Å². The van der Waals surface area contributed by atoms with Crippen molar-refractivity contribution in [2.24, 2.45) is 0 Å². The maximum Gasteiger partial charge on any atom is 0.332 e. The van der Waals surface area contributed by atoms with Gasteiger partial charge in [-0.3, -0.25) is 13.9 Å². The van der Waals surface area contributed by atoms with Crippen molar-refractivity contribution < 1.29 is 9.84 Å². The summed E-state index contributed by atoms with van der Waals surface area (Å²) >= 11 is 1.51. The molecule has 1 N–H and O–H groups in total. The van der Waals surface area contributed by atoms with Crippen LogP contribution in [0.5, 0.6) is 0 Å². The smallest absolute Gasteiger partial charge is 0.332 e. The topological polar surface area (TPSA) is 76.7 Å². The van der Waals surface area contributed by atoms with Crippen LogP contribution in [-0.2, 0) is 30.9 Å². The van der Waals surface area contributed by atoms with Crippen LogP contribution >= 0.6 is 11.3 Å². The SMILES string of the molecule is CC1(C)Cc2c(sc3c2c(=O)n(CCO)c(=O)n3CCN2CCCC2)CO1. The van der Waals surface area contributed by atoms with Crippen molar-refractivity contribution in [2.75, 3.05) is 26.2 Å². The zero-order valence-corrected chi connectivity index (χ0v) is 16.8. The summed E-state index contributed by atoms with van der Waals surface area (Å²) in [6.07, 6.45) is 3.06. The van der Waals surface area contributed by atoms with Crippen molar-refractivity contribution >= 4 is 21.6 Å². The molecule has 4 heterocycles. The first-order valence-corrected chi connectivity index (χ1v) is 10.5. The molecule has 0 bridgehead atoms. The molecule has 1 saturated heterocycles. The van der Waals surface area contributed by atoms with E-state index in [0.717, 1.165) is 34.9 Å². The Morgan fingerprint density at radius 2 is 1.85 bits per heavy atom. The summed E-state index contributed by atoms with van der Waals surface area (Å²) in [6.45, 7) is 7.82. The molecular weight excluding hydrogens is 366 g/mol. The number of rotatable bonds is 5. The molecule has 148 valence electrons. The number of hydrogen-bond acceptors (Lipinski definition) is 6. The van der Waals surface area contributed by atoms with Gasteiger partial charge >= 0.3 is 5.69 Å². The number of hydrogen-bond donors (Lipinski definition) is 1. The minimum absolute atomic E-state index is 0.0296. The summed E-state index contributed by atoms with van der Waals surface area (Å²) in [5, 5.41) is 10.0.